The lowest BCUT2D eigenvalue weighted by Crippen LogP contribution is -2.24. The molecule has 108 valence electrons. The Kier molecular flexibility index (Phi) is 5.17. The van der Waals surface area contributed by atoms with Gasteiger partial charge in [-0.1, -0.05) is 6.07 Å². The third kappa shape index (κ3) is 4.06. The summed E-state index contributed by atoms with van der Waals surface area (Å²) in [6.45, 7) is 2.91. The first kappa shape index (κ1) is 15.0. The normalized spacial score (nSPS) is 12.6. The van der Waals surface area contributed by atoms with Crippen LogP contribution in [0.1, 0.15) is 22.4 Å². The number of aromatic nitrogens is 1. The van der Waals surface area contributed by atoms with Crippen LogP contribution in [0.3, 0.4) is 0 Å². The Hall–Kier alpha value is -1.37. The highest BCUT2D eigenvalue weighted by molar-refractivity contribution is 7.09. The molecule has 0 saturated carbocycles. The molecule has 0 fully saturated rings. The van der Waals surface area contributed by atoms with E-state index in [1.54, 1.807) is 11.3 Å². The van der Waals surface area contributed by atoms with Gasteiger partial charge in [0.15, 0.2) is 11.6 Å². The van der Waals surface area contributed by atoms with Crippen molar-refractivity contribution < 1.29 is 13.9 Å². The lowest BCUT2D eigenvalue weighted by molar-refractivity contribution is 0.174. The minimum Gasteiger partial charge on any atom is -0.387 e. The van der Waals surface area contributed by atoms with Crippen molar-refractivity contribution in [1.82, 2.24) is 10.3 Å². The van der Waals surface area contributed by atoms with Crippen LogP contribution in [0.15, 0.2) is 23.6 Å². The zero-order valence-corrected chi connectivity index (χ0v) is 11.9. The van der Waals surface area contributed by atoms with Crippen molar-refractivity contribution in [2.75, 3.05) is 13.1 Å². The van der Waals surface area contributed by atoms with Crippen molar-refractivity contribution in [2.45, 2.75) is 19.4 Å². The van der Waals surface area contributed by atoms with E-state index < -0.39 is 17.7 Å². The van der Waals surface area contributed by atoms with E-state index in [4.69, 9.17) is 0 Å². The van der Waals surface area contributed by atoms with Crippen molar-refractivity contribution in [3.05, 3.63) is 51.5 Å². The fraction of sp³-hybridized carbons (Fsp3) is 0.357. The number of rotatable bonds is 6. The van der Waals surface area contributed by atoms with E-state index >= 15 is 0 Å². The van der Waals surface area contributed by atoms with Gasteiger partial charge in [0.25, 0.3) is 0 Å². The predicted octanol–water partition coefficient (Wildman–Crippen LogP) is 2.60. The second-order valence-corrected chi connectivity index (χ2v) is 5.56. The zero-order valence-electron chi connectivity index (χ0n) is 11.1. The highest BCUT2D eigenvalue weighted by atomic mass is 32.1. The van der Waals surface area contributed by atoms with Gasteiger partial charge >= 0.3 is 0 Å². The van der Waals surface area contributed by atoms with E-state index in [1.165, 1.54) is 6.07 Å². The van der Waals surface area contributed by atoms with E-state index in [-0.39, 0.29) is 6.54 Å². The van der Waals surface area contributed by atoms with Crippen LogP contribution in [-0.4, -0.2) is 23.2 Å². The first-order valence-electron chi connectivity index (χ1n) is 6.31. The number of aryl methyl sites for hydroxylation is 1. The van der Waals surface area contributed by atoms with Crippen LogP contribution in [-0.2, 0) is 6.42 Å². The molecule has 2 N–H and O–H groups in total. The smallest absolute Gasteiger partial charge is 0.159 e. The second kappa shape index (κ2) is 6.88. The lowest BCUT2D eigenvalue weighted by atomic mass is 10.1. The van der Waals surface area contributed by atoms with Gasteiger partial charge in [-0.25, -0.2) is 13.8 Å². The van der Waals surface area contributed by atoms with E-state index in [0.29, 0.717) is 12.1 Å². The number of hydrogen-bond acceptors (Lipinski definition) is 4. The number of thiazole rings is 1. The number of nitrogens with zero attached hydrogens (tertiary/aromatic N) is 1. The van der Waals surface area contributed by atoms with Crippen LogP contribution in [0.2, 0.25) is 0 Å². The molecule has 1 heterocycles. The number of nitrogens with one attached hydrogen (secondary N) is 1. The third-order valence-electron chi connectivity index (χ3n) is 2.89. The molecule has 0 bridgehead atoms. The molecule has 0 amide bonds. The minimum atomic E-state index is -0.945. The Morgan fingerprint density at radius 2 is 2.15 bits per heavy atom. The van der Waals surface area contributed by atoms with Crippen molar-refractivity contribution in [3.63, 3.8) is 0 Å². The van der Waals surface area contributed by atoms with Gasteiger partial charge in [0.1, 0.15) is 0 Å². The summed E-state index contributed by atoms with van der Waals surface area (Å²) in [6.07, 6.45) is -0.0864. The molecule has 1 aromatic heterocycles. The van der Waals surface area contributed by atoms with Gasteiger partial charge in [-0.2, -0.15) is 0 Å². The molecule has 0 saturated heterocycles. The summed E-state index contributed by atoms with van der Waals surface area (Å²) in [7, 11) is 0. The summed E-state index contributed by atoms with van der Waals surface area (Å²) < 4.78 is 25.8. The number of halogens is 2. The van der Waals surface area contributed by atoms with Gasteiger partial charge in [0.05, 0.1) is 16.8 Å². The van der Waals surface area contributed by atoms with Crippen LogP contribution in [0, 0.1) is 18.6 Å². The molecule has 1 aromatic carbocycles. The Morgan fingerprint density at radius 3 is 2.80 bits per heavy atom. The quantitative estimate of drug-likeness (QED) is 0.806. The first-order valence-corrected chi connectivity index (χ1v) is 7.19. The van der Waals surface area contributed by atoms with Crippen molar-refractivity contribution >= 4 is 11.3 Å². The third-order valence-corrected chi connectivity index (χ3v) is 3.71. The van der Waals surface area contributed by atoms with Crippen LogP contribution >= 0.6 is 11.3 Å². The Bertz CT molecular complexity index is 574. The van der Waals surface area contributed by atoms with E-state index in [1.807, 2.05) is 12.3 Å². The van der Waals surface area contributed by atoms with Gasteiger partial charge in [0.2, 0.25) is 0 Å². The number of hydrogen-bond donors (Lipinski definition) is 2. The predicted molar refractivity (Wildman–Crippen MR) is 74.7 cm³/mol. The molecule has 2 rings (SSSR count). The Labute approximate surface area is 120 Å². The SMILES string of the molecule is Cc1nc(CCNCC(O)c2ccc(F)c(F)c2)cs1. The summed E-state index contributed by atoms with van der Waals surface area (Å²) >= 11 is 1.60. The highest BCUT2D eigenvalue weighted by Crippen LogP contribution is 2.15. The Morgan fingerprint density at radius 1 is 1.35 bits per heavy atom. The lowest BCUT2D eigenvalue weighted by Gasteiger charge is -2.12. The van der Waals surface area contributed by atoms with E-state index in [0.717, 1.165) is 29.3 Å². The van der Waals surface area contributed by atoms with Crippen LogP contribution in [0.5, 0.6) is 0 Å². The molecule has 20 heavy (non-hydrogen) atoms. The number of aliphatic hydroxyl groups excluding tert-OH is 1. The second-order valence-electron chi connectivity index (χ2n) is 4.50. The Balaban J connectivity index is 1.77. The molecule has 6 heteroatoms. The molecule has 1 unspecified atom stereocenters. The number of benzene rings is 1. The van der Waals surface area contributed by atoms with Crippen molar-refractivity contribution in [1.29, 1.82) is 0 Å². The van der Waals surface area contributed by atoms with Crippen LogP contribution in [0.4, 0.5) is 8.78 Å². The fourth-order valence-electron chi connectivity index (χ4n) is 1.82. The molecule has 2 aromatic rings. The summed E-state index contributed by atoms with van der Waals surface area (Å²) in [5.41, 5.74) is 1.38. The molecule has 0 aliphatic heterocycles. The molecule has 0 spiro atoms. The van der Waals surface area contributed by atoms with Gasteiger partial charge in [-0.3, -0.25) is 0 Å². The fourth-order valence-corrected chi connectivity index (χ4v) is 2.46. The standard InChI is InChI=1S/C14H16F2N2OS/c1-9-18-11(8-20-9)4-5-17-7-14(19)10-2-3-12(15)13(16)6-10/h2-3,6,8,14,17,19H,4-5,7H2,1H3. The largest absolute Gasteiger partial charge is 0.387 e. The molecule has 0 aliphatic rings. The highest BCUT2D eigenvalue weighted by Gasteiger charge is 2.10. The maximum Gasteiger partial charge on any atom is 0.159 e. The average Bonchev–Trinajstić information content (AvgIpc) is 2.83. The minimum absolute atomic E-state index is 0.286. The maximum absolute atomic E-state index is 13.0. The van der Waals surface area contributed by atoms with Crippen molar-refractivity contribution in [3.8, 4) is 0 Å². The first-order chi connectivity index (χ1) is 9.56. The molecule has 0 aliphatic carbocycles. The maximum atomic E-state index is 13.0. The topological polar surface area (TPSA) is 45.2 Å². The summed E-state index contributed by atoms with van der Waals surface area (Å²) in [5.74, 6) is -1.85. The monoisotopic (exact) mass is 298 g/mol. The van der Waals surface area contributed by atoms with Crippen LogP contribution in [0.25, 0.3) is 0 Å². The molecule has 0 radical (unpaired) electrons. The van der Waals surface area contributed by atoms with E-state index in [9.17, 15) is 13.9 Å². The zero-order chi connectivity index (χ0) is 14.5. The van der Waals surface area contributed by atoms with E-state index in [2.05, 4.69) is 10.3 Å². The molecular formula is C14H16F2N2OS. The van der Waals surface area contributed by atoms with Gasteiger partial charge in [-0.05, 0) is 24.6 Å². The summed E-state index contributed by atoms with van der Waals surface area (Å²) in [5, 5.41) is 16.0. The molecule has 1 atom stereocenters. The van der Waals surface area contributed by atoms with Gasteiger partial charge in [0, 0.05) is 24.9 Å². The summed E-state index contributed by atoms with van der Waals surface area (Å²) in [4.78, 5) is 4.33. The average molecular weight is 298 g/mol. The molecule has 3 nitrogen and oxygen atoms in total. The molecular weight excluding hydrogens is 282 g/mol. The summed E-state index contributed by atoms with van der Waals surface area (Å²) in [6, 6.07) is 3.42. The van der Waals surface area contributed by atoms with Crippen molar-refractivity contribution in [2.24, 2.45) is 0 Å². The van der Waals surface area contributed by atoms with Gasteiger partial charge < -0.3 is 10.4 Å². The number of aliphatic hydroxyl groups is 1. The van der Waals surface area contributed by atoms with Gasteiger partial charge in [-0.15, -0.1) is 11.3 Å². The van der Waals surface area contributed by atoms with Crippen LogP contribution < -0.4 is 5.32 Å².